The van der Waals surface area contributed by atoms with E-state index < -0.39 is 9.05 Å². The molecule has 1 aromatic rings. The highest BCUT2D eigenvalue weighted by Gasteiger charge is 2.21. The summed E-state index contributed by atoms with van der Waals surface area (Å²) in [5.74, 6) is 0.0436. The molecule has 1 heterocycles. The largest absolute Gasteiger partial charge is 0.349 e. The zero-order valence-electron chi connectivity index (χ0n) is 10.7. The van der Waals surface area contributed by atoms with Crippen molar-refractivity contribution in [3.05, 3.63) is 15.8 Å². The van der Waals surface area contributed by atoms with E-state index in [0.717, 1.165) is 11.3 Å². The van der Waals surface area contributed by atoms with E-state index in [9.17, 15) is 13.2 Å². The number of carbonyl (C=O) groups excluding carboxylic acids is 1. The molecule has 0 bridgehead atoms. The van der Waals surface area contributed by atoms with Gasteiger partial charge in [0.05, 0.1) is 9.77 Å². The third-order valence-electron chi connectivity index (χ3n) is 2.72. The Labute approximate surface area is 116 Å². The topological polar surface area (TPSA) is 63.2 Å². The molecule has 1 rings (SSSR count). The fraction of sp³-hybridized carbons (Fsp3) is 0.545. The van der Waals surface area contributed by atoms with Crippen molar-refractivity contribution in [1.82, 2.24) is 5.32 Å². The van der Waals surface area contributed by atoms with Gasteiger partial charge in [0.25, 0.3) is 15.0 Å². The van der Waals surface area contributed by atoms with Crippen LogP contribution in [0.4, 0.5) is 0 Å². The third-order valence-corrected chi connectivity index (χ3v) is 5.34. The van der Waals surface area contributed by atoms with Gasteiger partial charge in [-0.25, -0.2) is 8.42 Å². The Kier molecular flexibility index (Phi) is 4.80. The minimum Gasteiger partial charge on any atom is -0.349 e. The van der Waals surface area contributed by atoms with Gasteiger partial charge in [0.2, 0.25) is 0 Å². The average molecular weight is 310 g/mol. The Balaban J connectivity index is 2.96. The van der Waals surface area contributed by atoms with Gasteiger partial charge in [-0.3, -0.25) is 4.79 Å². The molecule has 0 saturated carbocycles. The fourth-order valence-electron chi connectivity index (χ4n) is 1.26. The van der Waals surface area contributed by atoms with Gasteiger partial charge in [-0.1, -0.05) is 13.8 Å². The summed E-state index contributed by atoms with van der Waals surface area (Å²) in [7, 11) is 1.50. The summed E-state index contributed by atoms with van der Waals surface area (Å²) in [6.07, 6.45) is 0. The van der Waals surface area contributed by atoms with Crippen molar-refractivity contribution in [3.63, 3.8) is 0 Å². The van der Waals surface area contributed by atoms with Gasteiger partial charge in [-0.05, 0) is 25.8 Å². The maximum absolute atomic E-state index is 11.9. The Morgan fingerprint density at radius 2 is 1.94 bits per heavy atom. The minimum atomic E-state index is -3.79. The Morgan fingerprint density at radius 1 is 1.39 bits per heavy atom. The Hall–Kier alpha value is -0.590. The van der Waals surface area contributed by atoms with Crippen molar-refractivity contribution in [2.45, 2.75) is 38.6 Å². The molecule has 18 heavy (non-hydrogen) atoms. The normalized spacial score (nSPS) is 13.7. The molecule has 0 aromatic carbocycles. The predicted octanol–water partition coefficient (Wildman–Crippen LogP) is 2.76. The molecular formula is C11H16ClNO3S2. The maximum atomic E-state index is 11.9. The van der Waals surface area contributed by atoms with Crippen LogP contribution in [0.2, 0.25) is 0 Å². The highest BCUT2D eigenvalue weighted by molar-refractivity contribution is 8.13. The summed E-state index contributed by atoms with van der Waals surface area (Å²) in [5.41, 5.74) is 0. The number of aryl methyl sites for hydroxylation is 1. The number of hydrogen-bond acceptors (Lipinski definition) is 4. The van der Waals surface area contributed by atoms with Crippen LogP contribution in [0.5, 0.6) is 0 Å². The molecule has 0 saturated heterocycles. The molecular weight excluding hydrogens is 294 g/mol. The van der Waals surface area contributed by atoms with Crippen LogP contribution in [0.3, 0.4) is 0 Å². The van der Waals surface area contributed by atoms with Crippen LogP contribution in [0, 0.1) is 12.8 Å². The number of thiophene rings is 1. The van der Waals surface area contributed by atoms with E-state index in [4.69, 9.17) is 10.7 Å². The predicted molar refractivity (Wildman–Crippen MR) is 73.9 cm³/mol. The van der Waals surface area contributed by atoms with Gasteiger partial charge in [0, 0.05) is 21.6 Å². The van der Waals surface area contributed by atoms with E-state index in [1.54, 1.807) is 6.92 Å². The molecule has 0 aliphatic carbocycles. The Morgan fingerprint density at radius 3 is 2.33 bits per heavy atom. The van der Waals surface area contributed by atoms with Crippen LogP contribution >= 0.6 is 22.0 Å². The molecule has 0 aliphatic heterocycles. The average Bonchev–Trinajstić information content (AvgIpc) is 2.59. The van der Waals surface area contributed by atoms with E-state index in [0.29, 0.717) is 15.7 Å². The molecule has 0 spiro atoms. The van der Waals surface area contributed by atoms with Crippen molar-refractivity contribution < 1.29 is 13.2 Å². The number of amides is 1. The summed E-state index contributed by atoms with van der Waals surface area (Å²) in [6.45, 7) is 7.53. The number of halogens is 1. The van der Waals surface area contributed by atoms with E-state index in [1.807, 2.05) is 20.8 Å². The van der Waals surface area contributed by atoms with Gasteiger partial charge < -0.3 is 5.32 Å². The minimum absolute atomic E-state index is 0.0107. The molecule has 1 unspecified atom stereocenters. The molecule has 0 radical (unpaired) electrons. The van der Waals surface area contributed by atoms with Crippen molar-refractivity contribution in [3.8, 4) is 0 Å². The van der Waals surface area contributed by atoms with E-state index in [1.165, 1.54) is 6.07 Å². The molecule has 1 N–H and O–H groups in total. The summed E-state index contributed by atoms with van der Waals surface area (Å²) in [5, 5.41) is 2.82. The van der Waals surface area contributed by atoms with Crippen molar-refractivity contribution in [1.29, 1.82) is 0 Å². The maximum Gasteiger partial charge on any atom is 0.262 e. The van der Waals surface area contributed by atoms with Crippen LogP contribution < -0.4 is 5.32 Å². The third kappa shape index (κ3) is 3.70. The van der Waals surface area contributed by atoms with Crippen LogP contribution in [0.1, 0.15) is 35.3 Å². The van der Waals surface area contributed by atoms with Gasteiger partial charge in [0.1, 0.15) is 0 Å². The first-order chi connectivity index (χ1) is 8.12. The first-order valence-corrected chi connectivity index (χ1v) is 8.61. The summed E-state index contributed by atoms with van der Waals surface area (Å²) in [6, 6.07) is 1.35. The second-order valence-electron chi connectivity index (χ2n) is 4.48. The molecule has 1 aromatic heterocycles. The lowest BCUT2D eigenvalue weighted by atomic mass is 10.1. The Bertz CT molecular complexity index is 549. The van der Waals surface area contributed by atoms with E-state index in [-0.39, 0.29) is 16.8 Å². The van der Waals surface area contributed by atoms with Crippen LogP contribution in [0.15, 0.2) is 11.0 Å². The van der Waals surface area contributed by atoms with Crippen LogP contribution in [-0.2, 0) is 9.05 Å². The first-order valence-electron chi connectivity index (χ1n) is 5.49. The lowest BCUT2D eigenvalue weighted by molar-refractivity contribution is 0.0934. The van der Waals surface area contributed by atoms with Crippen LogP contribution in [0.25, 0.3) is 0 Å². The summed E-state index contributed by atoms with van der Waals surface area (Å²) in [4.78, 5) is 12.8. The van der Waals surface area contributed by atoms with Gasteiger partial charge in [0.15, 0.2) is 0 Å². The lowest BCUT2D eigenvalue weighted by Crippen LogP contribution is -2.35. The lowest BCUT2D eigenvalue weighted by Gasteiger charge is -2.16. The molecule has 0 aliphatic rings. The fourth-order valence-corrected chi connectivity index (χ4v) is 3.83. The number of rotatable bonds is 4. The summed E-state index contributed by atoms with van der Waals surface area (Å²) >= 11 is 1.13. The van der Waals surface area contributed by atoms with Gasteiger partial charge in [-0.15, -0.1) is 11.3 Å². The number of hydrogen-bond donors (Lipinski definition) is 1. The van der Waals surface area contributed by atoms with Crippen molar-refractivity contribution >= 4 is 37.0 Å². The van der Waals surface area contributed by atoms with E-state index >= 15 is 0 Å². The highest BCUT2D eigenvalue weighted by Crippen LogP contribution is 2.28. The molecule has 1 amide bonds. The smallest absolute Gasteiger partial charge is 0.262 e. The standard InChI is InChI=1S/C11H16ClNO3S2/c1-6(2)7(3)13-11(14)9-5-10(8(4)17-9)18(12,15)16/h5-7H,1-4H3,(H,13,14). The molecule has 7 heteroatoms. The molecule has 1 atom stereocenters. The number of nitrogens with one attached hydrogen (secondary N) is 1. The van der Waals surface area contributed by atoms with Crippen molar-refractivity contribution in [2.24, 2.45) is 5.92 Å². The van der Waals surface area contributed by atoms with Crippen molar-refractivity contribution in [2.75, 3.05) is 0 Å². The monoisotopic (exact) mass is 309 g/mol. The molecule has 0 fully saturated rings. The summed E-state index contributed by atoms with van der Waals surface area (Å²) < 4.78 is 22.5. The highest BCUT2D eigenvalue weighted by atomic mass is 35.7. The zero-order chi connectivity index (χ0) is 14.1. The zero-order valence-corrected chi connectivity index (χ0v) is 13.0. The molecule has 4 nitrogen and oxygen atoms in total. The van der Waals surface area contributed by atoms with Gasteiger partial charge in [-0.2, -0.15) is 0 Å². The first kappa shape index (κ1) is 15.5. The second kappa shape index (κ2) is 5.59. The SMILES string of the molecule is Cc1sc(C(=O)NC(C)C(C)C)cc1S(=O)(=O)Cl. The molecule has 102 valence electrons. The quantitative estimate of drug-likeness (QED) is 0.870. The van der Waals surface area contributed by atoms with Crippen LogP contribution in [-0.4, -0.2) is 20.4 Å². The number of carbonyl (C=O) groups is 1. The van der Waals surface area contributed by atoms with Gasteiger partial charge >= 0.3 is 0 Å². The second-order valence-corrected chi connectivity index (χ2v) is 8.27. The van der Waals surface area contributed by atoms with E-state index in [2.05, 4.69) is 5.32 Å².